The minimum Gasteiger partial charge on any atom is -0.361 e. The number of aliphatic imine (C=N–C) groups is 1. The smallest absolute Gasteiger partial charge is 0.361 e. The van der Waals surface area contributed by atoms with Gasteiger partial charge in [0, 0.05) is 26.2 Å². The normalized spacial score (nSPS) is 22.1. The van der Waals surface area contributed by atoms with Crippen LogP contribution in [0.2, 0.25) is 0 Å². The van der Waals surface area contributed by atoms with Gasteiger partial charge >= 0.3 is 12.2 Å². The van der Waals surface area contributed by atoms with E-state index in [-0.39, 0.29) is 44.8 Å². The van der Waals surface area contributed by atoms with E-state index in [1.807, 2.05) is 0 Å². The number of rotatable bonds is 6. The fourth-order valence-electron chi connectivity index (χ4n) is 5.01. The molecule has 0 saturated carbocycles. The summed E-state index contributed by atoms with van der Waals surface area (Å²) in [4.78, 5) is 53.3. The first-order chi connectivity index (χ1) is 18.5. The van der Waals surface area contributed by atoms with Crippen molar-refractivity contribution in [2.24, 2.45) is 10.9 Å². The highest BCUT2D eigenvalue weighted by molar-refractivity contribution is 6.03. The Balaban J connectivity index is 1.22. The van der Waals surface area contributed by atoms with Crippen LogP contribution >= 0.6 is 0 Å². The number of hydrogen-bond acceptors (Lipinski definition) is 9. The van der Waals surface area contributed by atoms with Crippen molar-refractivity contribution in [1.82, 2.24) is 24.8 Å². The number of carbonyl (C=O) groups excluding carboxylic acids is 3. The molecule has 39 heavy (non-hydrogen) atoms. The summed E-state index contributed by atoms with van der Waals surface area (Å²) >= 11 is 0. The van der Waals surface area contributed by atoms with Gasteiger partial charge in [0.25, 0.3) is 5.91 Å². The lowest BCUT2D eigenvalue weighted by molar-refractivity contribution is -0.179. The van der Waals surface area contributed by atoms with Crippen molar-refractivity contribution in [2.75, 3.05) is 36.9 Å². The number of anilines is 2. The number of carbonyl (C=O) groups is 3. The third-order valence-corrected chi connectivity index (χ3v) is 7.06. The zero-order valence-corrected chi connectivity index (χ0v) is 21.3. The first-order valence-corrected chi connectivity index (χ1v) is 12.4. The Morgan fingerprint density at radius 2 is 1.95 bits per heavy atom. The van der Waals surface area contributed by atoms with Gasteiger partial charge in [-0.3, -0.25) is 14.5 Å². The van der Waals surface area contributed by atoms with Crippen molar-refractivity contribution in [1.29, 1.82) is 0 Å². The van der Waals surface area contributed by atoms with Gasteiger partial charge < -0.3 is 24.5 Å². The summed E-state index contributed by atoms with van der Waals surface area (Å²) in [5.74, 6) is -1.08. The molecule has 3 aliphatic heterocycles. The molecule has 2 fully saturated rings. The summed E-state index contributed by atoms with van der Waals surface area (Å²) in [5, 5.41) is 6.53. The lowest BCUT2D eigenvalue weighted by atomic mass is 9.96. The van der Waals surface area contributed by atoms with E-state index in [0.717, 1.165) is 4.90 Å². The molecule has 2 unspecified atom stereocenters. The Bertz CT molecular complexity index is 1290. The molecular formula is C24H27F3N8O4. The number of nitrogens with one attached hydrogen (secondary N) is 1. The second kappa shape index (κ2) is 10.2. The maximum Gasteiger partial charge on any atom is 0.391 e. The number of halogens is 3. The number of likely N-dealkylation sites (N-methyl/N-ethyl adjacent to an activating group) is 1. The second-order valence-corrected chi connectivity index (χ2v) is 9.77. The van der Waals surface area contributed by atoms with Crippen LogP contribution < -0.4 is 10.2 Å². The van der Waals surface area contributed by atoms with Crippen molar-refractivity contribution in [2.45, 2.75) is 44.7 Å². The molecule has 0 bridgehead atoms. The molecule has 4 amide bonds. The number of aryl methyl sites for hydroxylation is 1. The van der Waals surface area contributed by atoms with E-state index in [0.29, 0.717) is 17.3 Å². The standard InChI is InChI=1S/C24H27F3N8O4/c1-14-10-16(31-39-14)11-35-22(37)20-21(32(2)23(35)38)28-13-34(20)12-19(36)30-17-4-3-5-18(29-17)33-8-6-15(7-9-33)24(25,26)27/h3-5,10,13,15,20-21H,6-9,11-12H2,1-2H3,(H,29,30,36). The van der Waals surface area contributed by atoms with Crippen molar-refractivity contribution in [3.8, 4) is 0 Å². The van der Waals surface area contributed by atoms with E-state index >= 15 is 0 Å². The van der Waals surface area contributed by atoms with Crippen LogP contribution in [0.15, 0.2) is 33.8 Å². The minimum atomic E-state index is -4.21. The van der Waals surface area contributed by atoms with Gasteiger partial charge in [0.1, 0.15) is 23.1 Å². The van der Waals surface area contributed by atoms with Gasteiger partial charge in [0.15, 0.2) is 12.2 Å². The topological polar surface area (TPSA) is 127 Å². The second-order valence-electron chi connectivity index (χ2n) is 9.77. The van der Waals surface area contributed by atoms with Gasteiger partial charge in [-0.25, -0.2) is 14.8 Å². The molecule has 5 rings (SSSR count). The van der Waals surface area contributed by atoms with Gasteiger partial charge in [-0.1, -0.05) is 11.2 Å². The molecule has 0 spiro atoms. The van der Waals surface area contributed by atoms with Gasteiger partial charge in [-0.2, -0.15) is 13.2 Å². The lowest BCUT2D eigenvalue weighted by Crippen LogP contribution is -2.64. The number of nitrogens with zero attached hydrogens (tertiary/aromatic N) is 7. The number of hydrogen-bond donors (Lipinski definition) is 1. The molecule has 12 nitrogen and oxygen atoms in total. The number of urea groups is 1. The number of amides is 4. The zero-order chi connectivity index (χ0) is 27.9. The van der Waals surface area contributed by atoms with Gasteiger partial charge in [-0.15, -0.1) is 0 Å². The molecule has 2 aromatic rings. The van der Waals surface area contributed by atoms with E-state index in [2.05, 4.69) is 20.4 Å². The highest BCUT2D eigenvalue weighted by Gasteiger charge is 2.50. The summed E-state index contributed by atoms with van der Waals surface area (Å²) in [6.07, 6.45) is -3.65. The van der Waals surface area contributed by atoms with Crippen LogP contribution in [-0.2, 0) is 16.1 Å². The molecular weight excluding hydrogens is 521 g/mol. The largest absolute Gasteiger partial charge is 0.391 e. The van der Waals surface area contributed by atoms with Crippen LogP contribution in [-0.4, -0.2) is 94.1 Å². The average Bonchev–Trinajstić information content (AvgIpc) is 3.51. The fourth-order valence-corrected chi connectivity index (χ4v) is 5.01. The Labute approximate surface area is 221 Å². The SMILES string of the molecule is Cc1cc(CN2C(=O)C3C(N=CN3CC(=O)Nc3cccc(N4CCC(C(F)(F)F)CC4)n3)N(C)C2=O)no1. The monoisotopic (exact) mass is 548 g/mol. The Kier molecular flexibility index (Phi) is 6.91. The van der Waals surface area contributed by atoms with E-state index in [9.17, 15) is 27.6 Å². The first-order valence-electron chi connectivity index (χ1n) is 12.4. The molecule has 208 valence electrons. The number of fused-ring (bicyclic) bond motifs is 1. The van der Waals surface area contributed by atoms with Crippen LogP contribution in [0.3, 0.4) is 0 Å². The Morgan fingerprint density at radius 3 is 2.62 bits per heavy atom. The summed E-state index contributed by atoms with van der Waals surface area (Å²) < 4.78 is 44.0. The van der Waals surface area contributed by atoms with E-state index < -0.39 is 42.1 Å². The number of piperidine rings is 1. The summed E-state index contributed by atoms with van der Waals surface area (Å²) in [6.45, 7) is 1.79. The van der Waals surface area contributed by atoms with Crippen molar-refractivity contribution in [3.05, 3.63) is 35.7 Å². The van der Waals surface area contributed by atoms with Gasteiger partial charge in [0.2, 0.25) is 5.91 Å². The number of pyridine rings is 1. The van der Waals surface area contributed by atoms with Crippen LogP contribution in [0.1, 0.15) is 24.3 Å². The van der Waals surface area contributed by atoms with Crippen molar-refractivity contribution < 1.29 is 32.1 Å². The zero-order valence-electron chi connectivity index (χ0n) is 21.3. The van der Waals surface area contributed by atoms with Gasteiger partial charge in [-0.05, 0) is 31.9 Å². The third-order valence-electron chi connectivity index (χ3n) is 7.06. The fraction of sp³-hybridized carbons (Fsp3) is 0.500. The van der Waals surface area contributed by atoms with E-state index in [1.54, 1.807) is 36.1 Å². The molecule has 0 aliphatic carbocycles. The molecule has 0 aromatic carbocycles. The number of aromatic nitrogens is 2. The summed E-state index contributed by atoms with van der Waals surface area (Å²) in [7, 11) is 1.53. The Hall–Kier alpha value is -4.17. The predicted octanol–water partition coefficient (Wildman–Crippen LogP) is 2.23. The minimum absolute atomic E-state index is 0.0170. The van der Waals surface area contributed by atoms with Crippen LogP contribution in [0, 0.1) is 12.8 Å². The first kappa shape index (κ1) is 26.4. The molecule has 0 radical (unpaired) electrons. The van der Waals surface area contributed by atoms with Crippen LogP contribution in [0.4, 0.5) is 29.6 Å². The summed E-state index contributed by atoms with van der Waals surface area (Å²) in [5.41, 5.74) is 0.415. The molecule has 2 aromatic heterocycles. The maximum atomic E-state index is 13.3. The predicted molar refractivity (Wildman–Crippen MR) is 132 cm³/mol. The summed E-state index contributed by atoms with van der Waals surface area (Å²) in [6, 6.07) is 5.11. The molecule has 2 atom stereocenters. The maximum absolute atomic E-state index is 13.3. The van der Waals surface area contributed by atoms with Gasteiger partial charge in [0.05, 0.1) is 25.3 Å². The van der Waals surface area contributed by atoms with Crippen molar-refractivity contribution >= 4 is 35.8 Å². The molecule has 15 heteroatoms. The quantitative estimate of drug-likeness (QED) is 0.582. The van der Waals surface area contributed by atoms with Crippen LogP contribution in [0.5, 0.6) is 0 Å². The highest BCUT2D eigenvalue weighted by atomic mass is 19.4. The Morgan fingerprint density at radius 1 is 1.21 bits per heavy atom. The van der Waals surface area contributed by atoms with Crippen LogP contribution in [0.25, 0.3) is 0 Å². The van der Waals surface area contributed by atoms with E-state index in [1.165, 1.54) is 23.2 Å². The van der Waals surface area contributed by atoms with Crippen molar-refractivity contribution in [3.63, 3.8) is 0 Å². The molecule has 3 aliphatic rings. The molecule has 2 saturated heterocycles. The number of imide groups is 1. The molecule has 5 heterocycles. The highest BCUT2D eigenvalue weighted by Crippen LogP contribution is 2.35. The average molecular weight is 549 g/mol. The third kappa shape index (κ3) is 5.38. The number of alkyl halides is 3. The van der Waals surface area contributed by atoms with E-state index in [4.69, 9.17) is 4.52 Å². The molecule has 1 N–H and O–H groups in total. The lowest BCUT2D eigenvalue weighted by Gasteiger charge is -2.40.